The van der Waals surface area contributed by atoms with Crippen molar-refractivity contribution < 1.29 is 4.79 Å². The van der Waals surface area contributed by atoms with Crippen LogP contribution in [0.1, 0.15) is 40.5 Å². The molecule has 4 nitrogen and oxygen atoms in total. The summed E-state index contributed by atoms with van der Waals surface area (Å²) < 4.78 is 0. The molecule has 1 aromatic heterocycles. The lowest BCUT2D eigenvalue weighted by atomic mass is 9.92. The van der Waals surface area contributed by atoms with Crippen LogP contribution in [0.5, 0.6) is 0 Å². The lowest BCUT2D eigenvalue weighted by molar-refractivity contribution is 0.0908. The number of hydrogen-bond acceptors (Lipinski definition) is 4. The summed E-state index contributed by atoms with van der Waals surface area (Å²) in [6.07, 6.45) is 0.777. The van der Waals surface area contributed by atoms with Crippen molar-refractivity contribution in [3.05, 3.63) is 51.5 Å². The first-order chi connectivity index (χ1) is 9.91. The molecule has 1 amide bonds. The van der Waals surface area contributed by atoms with Gasteiger partial charge >= 0.3 is 0 Å². The lowest BCUT2D eigenvalue weighted by Gasteiger charge is -2.26. The number of aryl methyl sites for hydroxylation is 1. The van der Waals surface area contributed by atoms with Crippen molar-refractivity contribution in [3.63, 3.8) is 0 Å². The number of nitrogens with zero attached hydrogens (tertiary/aromatic N) is 1. The Balaban J connectivity index is 0.00000242. The molecule has 0 atom stereocenters. The molecule has 0 bridgehead atoms. The smallest absolute Gasteiger partial charge is 0.271 e. The SMILES string of the molecule is Cc1ccccc1CC(C)(C)NC(=O)c1csc(CN)n1.Cl. The highest BCUT2D eigenvalue weighted by atomic mass is 35.5. The number of halogens is 1. The third-order valence-electron chi connectivity index (χ3n) is 3.30. The molecule has 0 aliphatic heterocycles. The maximum absolute atomic E-state index is 12.3. The molecule has 1 aromatic carbocycles. The zero-order chi connectivity index (χ0) is 15.5. The monoisotopic (exact) mass is 339 g/mol. The van der Waals surface area contributed by atoms with Crippen LogP contribution in [0.4, 0.5) is 0 Å². The molecule has 120 valence electrons. The minimum atomic E-state index is -0.338. The Morgan fingerprint density at radius 3 is 2.64 bits per heavy atom. The Bertz CT molecular complexity index is 640. The van der Waals surface area contributed by atoms with E-state index in [-0.39, 0.29) is 23.9 Å². The minimum Gasteiger partial charge on any atom is -0.345 e. The molecule has 2 aromatic rings. The first-order valence-corrected chi connectivity index (χ1v) is 7.81. The van der Waals surface area contributed by atoms with Gasteiger partial charge in [-0.3, -0.25) is 4.79 Å². The van der Waals surface area contributed by atoms with Gasteiger partial charge in [-0.15, -0.1) is 23.7 Å². The molecule has 0 radical (unpaired) electrons. The second kappa shape index (κ2) is 7.72. The van der Waals surface area contributed by atoms with Crippen molar-refractivity contribution in [1.82, 2.24) is 10.3 Å². The summed E-state index contributed by atoms with van der Waals surface area (Å²) in [5.41, 5.74) is 8.11. The summed E-state index contributed by atoms with van der Waals surface area (Å²) in [5, 5.41) is 5.58. The van der Waals surface area contributed by atoms with Gasteiger partial charge in [-0.25, -0.2) is 4.98 Å². The van der Waals surface area contributed by atoms with Crippen molar-refractivity contribution >= 4 is 29.7 Å². The van der Waals surface area contributed by atoms with E-state index in [1.165, 1.54) is 22.5 Å². The summed E-state index contributed by atoms with van der Waals surface area (Å²) in [7, 11) is 0. The van der Waals surface area contributed by atoms with Gasteiger partial charge in [-0.05, 0) is 38.3 Å². The highest BCUT2D eigenvalue weighted by molar-refractivity contribution is 7.09. The van der Waals surface area contributed by atoms with E-state index < -0.39 is 0 Å². The fourth-order valence-electron chi connectivity index (χ4n) is 2.21. The number of benzene rings is 1. The number of carbonyl (C=O) groups excluding carboxylic acids is 1. The van der Waals surface area contributed by atoms with Gasteiger partial charge in [0.1, 0.15) is 10.7 Å². The third-order valence-corrected chi connectivity index (χ3v) is 4.18. The maximum Gasteiger partial charge on any atom is 0.271 e. The average Bonchev–Trinajstić information content (AvgIpc) is 2.89. The molecule has 0 fully saturated rings. The Morgan fingerprint density at radius 1 is 1.36 bits per heavy atom. The zero-order valence-electron chi connectivity index (χ0n) is 13.1. The zero-order valence-corrected chi connectivity index (χ0v) is 14.7. The summed E-state index contributed by atoms with van der Waals surface area (Å²) in [6, 6.07) is 8.22. The summed E-state index contributed by atoms with van der Waals surface area (Å²) in [6.45, 7) is 6.49. The summed E-state index contributed by atoms with van der Waals surface area (Å²) in [4.78, 5) is 16.5. The van der Waals surface area contributed by atoms with Crippen LogP contribution < -0.4 is 11.1 Å². The van der Waals surface area contributed by atoms with E-state index in [1.54, 1.807) is 5.38 Å². The van der Waals surface area contributed by atoms with E-state index in [0.717, 1.165) is 11.4 Å². The second-order valence-corrected chi connectivity index (χ2v) is 6.71. The maximum atomic E-state index is 12.3. The number of nitrogens with two attached hydrogens (primary N) is 1. The van der Waals surface area contributed by atoms with E-state index in [4.69, 9.17) is 5.73 Å². The molecule has 0 aliphatic rings. The number of hydrogen-bond donors (Lipinski definition) is 2. The van der Waals surface area contributed by atoms with Crippen molar-refractivity contribution in [2.75, 3.05) is 0 Å². The van der Waals surface area contributed by atoms with E-state index in [0.29, 0.717) is 12.2 Å². The van der Waals surface area contributed by atoms with Gasteiger partial charge in [0.2, 0.25) is 0 Å². The van der Waals surface area contributed by atoms with Crippen LogP contribution in [0.2, 0.25) is 0 Å². The fraction of sp³-hybridized carbons (Fsp3) is 0.375. The van der Waals surface area contributed by atoms with Crippen molar-refractivity contribution in [3.8, 4) is 0 Å². The van der Waals surface area contributed by atoms with Crippen LogP contribution in [0.15, 0.2) is 29.6 Å². The largest absolute Gasteiger partial charge is 0.345 e. The van der Waals surface area contributed by atoms with E-state index in [2.05, 4.69) is 29.4 Å². The molecule has 6 heteroatoms. The van der Waals surface area contributed by atoms with Gasteiger partial charge in [0, 0.05) is 17.5 Å². The molecule has 0 spiro atoms. The molecular formula is C16H22ClN3OS. The van der Waals surface area contributed by atoms with Crippen molar-refractivity contribution in [2.24, 2.45) is 5.73 Å². The quantitative estimate of drug-likeness (QED) is 0.879. The lowest BCUT2D eigenvalue weighted by Crippen LogP contribution is -2.45. The predicted molar refractivity (Wildman–Crippen MR) is 93.7 cm³/mol. The van der Waals surface area contributed by atoms with Crippen molar-refractivity contribution in [2.45, 2.75) is 39.3 Å². The van der Waals surface area contributed by atoms with E-state index in [1.807, 2.05) is 26.0 Å². The summed E-state index contributed by atoms with van der Waals surface area (Å²) in [5.74, 6) is -0.149. The molecule has 0 aliphatic carbocycles. The number of carbonyl (C=O) groups is 1. The molecular weight excluding hydrogens is 318 g/mol. The molecule has 0 saturated carbocycles. The van der Waals surface area contributed by atoms with Crippen LogP contribution in [-0.2, 0) is 13.0 Å². The number of rotatable bonds is 5. The van der Waals surface area contributed by atoms with Crippen LogP contribution in [-0.4, -0.2) is 16.4 Å². The predicted octanol–water partition coefficient (Wildman–Crippen LogP) is 3.08. The van der Waals surface area contributed by atoms with Crippen LogP contribution in [0.3, 0.4) is 0 Å². The Kier molecular flexibility index (Phi) is 6.53. The topological polar surface area (TPSA) is 68.0 Å². The summed E-state index contributed by atoms with van der Waals surface area (Å²) >= 11 is 1.41. The Morgan fingerprint density at radius 2 is 2.05 bits per heavy atom. The normalized spacial score (nSPS) is 10.9. The van der Waals surface area contributed by atoms with Gasteiger partial charge < -0.3 is 11.1 Å². The molecule has 2 rings (SSSR count). The number of aromatic nitrogens is 1. The van der Waals surface area contributed by atoms with Crippen molar-refractivity contribution in [1.29, 1.82) is 0 Å². The van der Waals surface area contributed by atoms with Crippen LogP contribution >= 0.6 is 23.7 Å². The number of nitrogens with one attached hydrogen (secondary N) is 1. The van der Waals surface area contributed by atoms with Gasteiger partial charge in [-0.1, -0.05) is 24.3 Å². The minimum absolute atomic E-state index is 0. The Hall–Kier alpha value is -1.43. The fourth-order valence-corrected chi connectivity index (χ4v) is 2.86. The second-order valence-electron chi connectivity index (χ2n) is 5.77. The molecule has 1 heterocycles. The molecule has 3 N–H and O–H groups in total. The average molecular weight is 340 g/mol. The third kappa shape index (κ3) is 4.80. The van der Waals surface area contributed by atoms with Crippen LogP contribution in [0.25, 0.3) is 0 Å². The molecule has 22 heavy (non-hydrogen) atoms. The van der Waals surface area contributed by atoms with Gasteiger partial charge in [0.25, 0.3) is 5.91 Å². The van der Waals surface area contributed by atoms with Crippen LogP contribution in [0, 0.1) is 6.92 Å². The molecule has 0 saturated heterocycles. The van der Waals surface area contributed by atoms with Gasteiger partial charge in [-0.2, -0.15) is 0 Å². The van der Waals surface area contributed by atoms with Gasteiger partial charge in [0.05, 0.1) is 0 Å². The van der Waals surface area contributed by atoms with Gasteiger partial charge in [0.15, 0.2) is 0 Å². The standard InChI is InChI=1S/C16H21N3OS.ClH/c1-11-6-4-5-7-12(11)8-16(2,3)19-15(20)13-10-21-14(9-17)18-13;/h4-7,10H,8-9,17H2,1-3H3,(H,19,20);1H. The van der Waals surface area contributed by atoms with E-state index >= 15 is 0 Å². The first kappa shape index (κ1) is 18.6. The first-order valence-electron chi connectivity index (χ1n) is 6.93. The highest BCUT2D eigenvalue weighted by Gasteiger charge is 2.23. The number of thiazole rings is 1. The van der Waals surface area contributed by atoms with E-state index in [9.17, 15) is 4.79 Å². The molecule has 0 unspecified atom stereocenters. The highest BCUT2D eigenvalue weighted by Crippen LogP contribution is 2.17. The number of amides is 1. The Labute approximate surface area is 141 Å².